The molecule has 0 bridgehead atoms. The van der Waals surface area contributed by atoms with E-state index in [2.05, 4.69) is 0 Å². The van der Waals surface area contributed by atoms with Crippen LogP contribution in [0.2, 0.25) is 0 Å². The minimum atomic E-state index is -0.285. The van der Waals surface area contributed by atoms with Gasteiger partial charge >= 0.3 is 0 Å². The van der Waals surface area contributed by atoms with Gasteiger partial charge < -0.3 is 10.2 Å². The molecule has 0 aromatic rings. The van der Waals surface area contributed by atoms with Gasteiger partial charge in [-0.05, 0) is 25.8 Å². The summed E-state index contributed by atoms with van der Waals surface area (Å²) in [6, 6.07) is 0. The summed E-state index contributed by atoms with van der Waals surface area (Å²) in [6.45, 7) is 3.64. The molecule has 2 nitrogen and oxygen atoms in total. The van der Waals surface area contributed by atoms with Crippen LogP contribution in [-0.2, 0) is 0 Å². The maximum absolute atomic E-state index is 9.14. The Morgan fingerprint density at radius 2 is 2.20 bits per heavy atom. The minimum absolute atomic E-state index is 0.285. The molecule has 0 saturated carbocycles. The topological polar surface area (TPSA) is 40.5 Å². The summed E-state index contributed by atoms with van der Waals surface area (Å²) in [7, 11) is 0. The molecule has 2 N–H and O–H groups in total. The number of allylic oxidation sites excluding steroid dienone is 1. The third-order valence-electron chi connectivity index (χ3n) is 1.31. The molecule has 0 spiro atoms. The fraction of sp³-hybridized carbons (Fsp3) is 0.750. The monoisotopic (exact) mass is 144 g/mol. The lowest BCUT2D eigenvalue weighted by Crippen LogP contribution is -2.03. The number of hydrogen-bond acceptors (Lipinski definition) is 2. The fourth-order valence-electron chi connectivity index (χ4n) is 0.758. The fourth-order valence-corrected chi connectivity index (χ4v) is 0.758. The average molecular weight is 144 g/mol. The number of aliphatic hydroxyl groups is 2. The van der Waals surface area contributed by atoms with Gasteiger partial charge in [0.2, 0.25) is 0 Å². The largest absolute Gasteiger partial charge is 0.513 e. The van der Waals surface area contributed by atoms with Crippen LogP contribution in [0, 0.1) is 0 Å². The van der Waals surface area contributed by atoms with Crippen molar-refractivity contribution in [2.24, 2.45) is 0 Å². The van der Waals surface area contributed by atoms with E-state index >= 15 is 0 Å². The molecule has 2 heteroatoms. The molecule has 0 amide bonds. The molecule has 0 aromatic heterocycles. The lowest BCUT2D eigenvalue weighted by atomic mass is 10.1. The van der Waals surface area contributed by atoms with E-state index in [1.165, 1.54) is 0 Å². The van der Waals surface area contributed by atoms with E-state index in [-0.39, 0.29) is 11.9 Å². The number of hydrogen-bond donors (Lipinski definition) is 2. The first-order valence-corrected chi connectivity index (χ1v) is 3.70. The highest BCUT2D eigenvalue weighted by molar-refractivity contribution is 4.87. The first-order valence-electron chi connectivity index (χ1n) is 3.70. The SMILES string of the molecule is CCCC(O)CC=C(C)O. The molecule has 60 valence electrons. The first kappa shape index (κ1) is 9.50. The molecule has 0 heterocycles. The Bertz CT molecular complexity index is 104. The summed E-state index contributed by atoms with van der Waals surface area (Å²) >= 11 is 0. The normalized spacial score (nSPS) is 15.3. The zero-order valence-corrected chi connectivity index (χ0v) is 6.67. The Balaban J connectivity index is 3.38. The van der Waals surface area contributed by atoms with Gasteiger partial charge in [-0.15, -0.1) is 0 Å². The van der Waals surface area contributed by atoms with Crippen molar-refractivity contribution in [1.29, 1.82) is 0 Å². The van der Waals surface area contributed by atoms with Crippen LogP contribution in [0.5, 0.6) is 0 Å². The maximum atomic E-state index is 9.14. The summed E-state index contributed by atoms with van der Waals surface area (Å²) in [6.07, 6.45) is 3.71. The van der Waals surface area contributed by atoms with Gasteiger partial charge in [-0.3, -0.25) is 0 Å². The van der Waals surface area contributed by atoms with Crippen LogP contribution in [0.1, 0.15) is 33.1 Å². The van der Waals surface area contributed by atoms with E-state index in [0.29, 0.717) is 6.42 Å². The molecule has 1 atom stereocenters. The van der Waals surface area contributed by atoms with Crippen molar-refractivity contribution in [3.05, 3.63) is 11.8 Å². The molecule has 0 fully saturated rings. The molecule has 0 aliphatic carbocycles. The van der Waals surface area contributed by atoms with E-state index < -0.39 is 0 Å². The summed E-state index contributed by atoms with van der Waals surface area (Å²) < 4.78 is 0. The van der Waals surface area contributed by atoms with Gasteiger partial charge in [0.1, 0.15) is 0 Å². The Kier molecular flexibility index (Phi) is 5.03. The minimum Gasteiger partial charge on any atom is -0.513 e. The van der Waals surface area contributed by atoms with Gasteiger partial charge in [0.25, 0.3) is 0 Å². The van der Waals surface area contributed by atoms with Gasteiger partial charge in [-0.1, -0.05) is 13.3 Å². The standard InChI is InChI=1S/C8H16O2/c1-3-4-8(10)6-5-7(2)9/h5,8-10H,3-4,6H2,1-2H3. The molecule has 1 unspecified atom stereocenters. The van der Waals surface area contributed by atoms with Crippen molar-refractivity contribution in [3.8, 4) is 0 Å². The molecule has 0 aromatic carbocycles. The highest BCUT2D eigenvalue weighted by Gasteiger charge is 1.98. The summed E-state index contributed by atoms with van der Waals surface area (Å²) in [4.78, 5) is 0. The van der Waals surface area contributed by atoms with Gasteiger partial charge in [0, 0.05) is 0 Å². The average Bonchev–Trinajstić information content (AvgIpc) is 1.85. The van der Waals surface area contributed by atoms with Crippen LogP contribution in [0.3, 0.4) is 0 Å². The second-order valence-electron chi connectivity index (χ2n) is 2.52. The zero-order valence-electron chi connectivity index (χ0n) is 6.67. The predicted octanol–water partition coefficient (Wildman–Crippen LogP) is 2.00. The second kappa shape index (κ2) is 5.30. The van der Waals surface area contributed by atoms with Crippen LogP contribution in [-0.4, -0.2) is 16.3 Å². The molecule has 10 heavy (non-hydrogen) atoms. The van der Waals surface area contributed by atoms with E-state index in [9.17, 15) is 0 Å². The third kappa shape index (κ3) is 5.63. The molecule has 0 radical (unpaired) electrons. The molecule has 0 rings (SSSR count). The second-order valence-corrected chi connectivity index (χ2v) is 2.52. The van der Waals surface area contributed by atoms with Crippen molar-refractivity contribution in [1.82, 2.24) is 0 Å². The van der Waals surface area contributed by atoms with Gasteiger partial charge in [0.05, 0.1) is 11.9 Å². The number of rotatable bonds is 4. The van der Waals surface area contributed by atoms with Crippen molar-refractivity contribution in [2.75, 3.05) is 0 Å². The van der Waals surface area contributed by atoms with Crippen LogP contribution in [0.15, 0.2) is 11.8 Å². The van der Waals surface area contributed by atoms with Gasteiger partial charge in [-0.25, -0.2) is 0 Å². The molecule has 0 aliphatic heterocycles. The Labute approximate surface area is 62.2 Å². The van der Waals surface area contributed by atoms with Gasteiger partial charge in [-0.2, -0.15) is 0 Å². The van der Waals surface area contributed by atoms with Gasteiger partial charge in [0.15, 0.2) is 0 Å². The summed E-state index contributed by atoms with van der Waals surface area (Å²) in [5.41, 5.74) is 0. The maximum Gasteiger partial charge on any atom is 0.0852 e. The number of aliphatic hydroxyl groups excluding tert-OH is 2. The van der Waals surface area contributed by atoms with Crippen molar-refractivity contribution in [3.63, 3.8) is 0 Å². The Hall–Kier alpha value is -0.500. The van der Waals surface area contributed by atoms with E-state index in [0.717, 1.165) is 12.8 Å². The van der Waals surface area contributed by atoms with Crippen molar-refractivity contribution in [2.45, 2.75) is 39.2 Å². The lowest BCUT2D eigenvalue weighted by molar-refractivity contribution is 0.165. The third-order valence-corrected chi connectivity index (χ3v) is 1.31. The highest BCUT2D eigenvalue weighted by Crippen LogP contribution is 2.02. The van der Waals surface area contributed by atoms with Crippen LogP contribution in [0.25, 0.3) is 0 Å². The van der Waals surface area contributed by atoms with E-state index in [1.54, 1.807) is 13.0 Å². The smallest absolute Gasteiger partial charge is 0.0852 e. The predicted molar refractivity (Wildman–Crippen MR) is 41.9 cm³/mol. The molecular formula is C8H16O2. The Morgan fingerprint density at radius 3 is 2.60 bits per heavy atom. The van der Waals surface area contributed by atoms with Crippen molar-refractivity contribution < 1.29 is 10.2 Å². The first-order chi connectivity index (χ1) is 4.66. The molecular weight excluding hydrogens is 128 g/mol. The van der Waals surface area contributed by atoms with E-state index in [4.69, 9.17) is 10.2 Å². The zero-order chi connectivity index (χ0) is 7.98. The van der Waals surface area contributed by atoms with E-state index in [1.807, 2.05) is 6.92 Å². The lowest BCUT2D eigenvalue weighted by Gasteiger charge is -2.04. The Morgan fingerprint density at radius 1 is 1.60 bits per heavy atom. The molecule has 0 saturated heterocycles. The van der Waals surface area contributed by atoms with Crippen LogP contribution >= 0.6 is 0 Å². The van der Waals surface area contributed by atoms with Crippen molar-refractivity contribution >= 4 is 0 Å². The molecule has 0 aliphatic rings. The quantitative estimate of drug-likeness (QED) is 0.592. The van der Waals surface area contributed by atoms with Crippen LogP contribution in [0.4, 0.5) is 0 Å². The summed E-state index contributed by atoms with van der Waals surface area (Å²) in [5.74, 6) is 0.287. The summed E-state index contributed by atoms with van der Waals surface area (Å²) in [5, 5.41) is 17.9. The van der Waals surface area contributed by atoms with Crippen LogP contribution < -0.4 is 0 Å². The highest BCUT2D eigenvalue weighted by atomic mass is 16.3.